The summed E-state index contributed by atoms with van der Waals surface area (Å²) in [5.74, 6) is 1.04. The van der Waals surface area contributed by atoms with E-state index in [9.17, 15) is 13.2 Å². The Balaban J connectivity index is 1.69. The van der Waals surface area contributed by atoms with E-state index in [-0.39, 0.29) is 11.7 Å². The molecule has 140 valence electrons. The molecular weight excluding hydrogens is 353 g/mol. The first-order chi connectivity index (χ1) is 13.0. The summed E-state index contributed by atoms with van der Waals surface area (Å²) in [6.45, 7) is 0. The number of hydrogen-bond acceptors (Lipinski definition) is 3. The van der Waals surface area contributed by atoms with Crippen molar-refractivity contribution >= 4 is 0 Å². The Morgan fingerprint density at radius 1 is 0.963 bits per heavy atom. The smallest absolute Gasteiger partial charge is 0.338 e. The van der Waals surface area contributed by atoms with Gasteiger partial charge in [-0.3, -0.25) is 0 Å². The lowest BCUT2D eigenvalue weighted by Gasteiger charge is -2.20. The lowest BCUT2D eigenvalue weighted by molar-refractivity contribution is -0.137. The van der Waals surface area contributed by atoms with Gasteiger partial charge in [-0.25, -0.2) is 0 Å². The summed E-state index contributed by atoms with van der Waals surface area (Å²) in [7, 11) is 0. The molecule has 1 aliphatic rings. The average Bonchev–Trinajstić information content (AvgIpc) is 3.35. The van der Waals surface area contributed by atoms with E-state index >= 15 is 0 Å². The van der Waals surface area contributed by atoms with Crippen LogP contribution in [0.4, 0.5) is 13.2 Å². The van der Waals surface area contributed by atoms with Crippen LogP contribution in [-0.2, 0) is 6.18 Å². The number of rotatable bonds is 4. The Kier molecular flexibility index (Phi) is 4.72. The van der Waals surface area contributed by atoms with E-state index in [1.807, 2.05) is 30.3 Å². The first-order valence-electron chi connectivity index (χ1n) is 9.08. The van der Waals surface area contributed by atoms with Crippen LogP contribution in [0.2, 0.25) is 0 Å². The second-order valence-corrected chi connectivity index (χ2v) is 6.97. The maximum Gasteiger partial charge on any atom is 0.416 e. The zero-order chi connectivity index (χ0) is 18.9. The molecule has 1 aromatic heterocycles. The zero-order valence-electron chi connectivity index (χ0n) is 14.6. The molecule has 0 saturated heterocycles. The van der Waals surface area contributed by atoms with E-state index in [2.05, 4.69) is 10.1 Å². The molecule has 4 rings (SSSR count). The minimum atomic E-state index is -4.40. The van der Waals surface area contributed by atoms with E-state index in [0.717, 1.165) is 30.5 Å². The number of aromatic nitrogens is 2. The molecule has 0 spiro atoms. The fraction of sp³-hybridized carbons (Fsp3) is 0.333. The summed E-state index contributed by atoms with van der Waals surface area (Å²) < 4.78 is 44.5. The third kappa shape index (κ3) is 3.75. The van der Waals surface area contributed by atoms with Gasteiger partial charge < -0.3 is 4.52 Å². The third-order valence-electron chi connectivity index (χ3n) is 5.19. The van der Waals surface area contributed by atoms with E-state index in [4.69, 9.17) is 4.52 Å². The molecule has 6 heteroatoms. The summed E-state index contributed by atoms with van der Waals surface area (Å²) in [5.41, 5.74) is 0.684. The molecule has 0 aliphatic heterocycles. The molecule has 27 heavy (non-hydrogen) atoms. The van der Waals surface area contributed by atoms with Crippen LogP contribution in [0.1, 0.15) is 48.6 Å². The molecule has 3 nitrogen and oxygen atoms in total. The van der Waals surface area contributed by atoms with Crippen LogP contribution in [0, 0.1) is 5.92 Å². The highest BCUT2D eigenvalue weighted by Crippen LogP contribution is 2.41. The summed E-state index contributed by atoms with van der Waals surface area (Å²) >= 11 is 0. The highest BCUT2D eigenvalue weighted by Gasteiger charge is 2.33. The Morgan fingerprint density at radius 3 is 2.41 bits per heavy atom. The van der Waals surface area contributed by atoms with Gasteiger partial charge in [-0.15, -0.1) is 0 Å². The second-order valence-electron chi connectivity index (χ2n) is 6.97. The molecule has 1 saturated carbocycles. The van der Waals surface area contributed by atoms with Crippen LogP contribution >= 0.6 is 0 Å². The molecule has 0 radical (unpaired) electrons. The lowest BCUT2D eigenvalue weighted by Crippen LogP contribution is -2.12. The first kappa shape index (κ1) is 17.8. The van der Waals surface area contributed by atoms with Gasteiger partial charge in [-0.2, -0.15) is 18.2 Å². The SMILES string of the molecule is FC(F)(F)c1cccc(-c2noc(C(c3ccccc3)C3CCCC3)n2)c1. The van der Waals surface area contributed by atoms with Gasteiger partial charge in [0.05, 0.1) is 11.5 Å². The normalized spacial score (nSPS) is 16.6. The number of halogens is 3. The summed E-state index contributed by atoms with van der Waals surface area (Å²) in [6, 6.07) is 15.0. The monoisotopic (exact) mass is 372 g/mol. The maximum absolute atomic E-state index is 13.0. The molecule has 1 fully saturated rings. The first-order valence-corrected chi connectivity index (χ1v) is 9.08. The summed E-state index contributed by atoms with van der Waals surface area (Å²) in [5, 5.41) is 3.97. The number of hydrogen-bond donors (Lipinski definition) is 0. The summed E-state index contributed by atoms with van der Waals surface area (Å²) in [4.78, 5) is 4.48. The largest absolute Gasteiger partial charge is 0.416 e. The Bertz CT molecular complexity index is 899. The predicted octanol–water partition coefficient (Wildman–Crippen LogP) is 6.08. The minimum Gasteiger partial charge on any atom is -0.338 e. The molecule has 1 unspecified atom stereocenters. The number of nitrogens with zero attached hydrogens (tertiary/aromatic N) is 2. The molecular formula is C21H19F3N2O. The molecule has 0 N–H and O–H groups in total. The lowest BCUT2D eigenvalue weighted by atomic mass is 9.85. The van der Waals surface area contributed by atoms with Crippen molar-refractivity contribution in [2.75, 3.05) is 0 Å². The standard InChI is InChI=1S/C21H19F3N2O/c22-21(23,24)17-12-6-11-16(13-17)19-25-20(27-26-19)18(15-9-4-5-10-15)14-7-2-1-3-8-14/h1-3,6-8,11-13,15,18H,4-5,9-10H2. The second kappa shape index (κ2) is 7.18. The minimum absolute atomic E-state index is 0.0271. The van der Waals surface area contributed by atoms with Gasteiger partial charge >= 0.3 is 6.18 Å². The zero-order valence-corrected chi connectivity index (χ0v) is 14.6. The molecule has 1 atom stereocenters. The van der Waals surface area contributed by atoms with Crippen molar-refractivity contribution in [2.45, 2.75) is 37.8 Å². The van der Waals surface area contributed by atoms with Gasteiger partial charge in [0, 0.05) is 5.56 Å². The van der Waals surface area contributed by atoms with E-state index in [1.165, 1.54) is 18.9 Å². The third-order valence-corrected chi connectivity index (χ3v) is 5.19. The van der Waals surface area contributed by atoms with Crippen molar-refractivity contribution in [2.24, 2.45) is 5.92 Å². The Labute approximate surface area is 155 Å². The van der Waals surface area contributed by atoms with E-state index < -0.39 is 11.7 Å². The van der Waals surface area contributed by atoms with Crippen molar-refractivity contribution in [3.05, 3.63) is 71.6 Å². The summed E-state index contributed by atoms with van der Waals surface area (Å²) in [6.07, 6.45) is 0.103. The van der Waals surface area contributed by atoms with Gasteiger partial charge in [0.1, 0.15) is 0 Å². The fourth-order valence-corrected chi connectivity index (χ4v) is 3.88. The van der Waals surface area contributed by atoms with E-state index in [1.54, 1.807) is 6.07 Å². The molecule has 0 amide bonds. The van der Waals surface area contributed by atoms with Gasteiger partial charge in [0.25, 0.3) is 0 Å². The van der Waals surface area contributed by atoms with Crippen LogP contribution in [-0.4, -0.2) is 10.1 Å². The number of benzene rings is 2. The quantitative estimate of drug-likeness (QED) is 0.557. The van der Waals surface area contributed by atoms with Crippen molar-refractivity contribution in [1.29, 1.82) is 0 Å². The van der Waals surface area contributed by atoms with Crippen LogP contribution in [0.3, 0.4) is 0 Å². The highest BCUT2D eigenvalue weighted by atomic mass is 19.4. The van der Waals surface area contributed by atoms with Crippen LogP contribution in [0.5, 0.6) is 0 Å². The van der Waals surface area contributed by atoms with Gasteiger partial charge in [-0.05, 0) is 36.5 Å². The van der Waals surface area contributed by atoms with Gasteiger partial charge in [-0.1, -0.05) is 60.5 Å². The average molecular weight is 372 g/mol. The van der Waals surface area contributed by atoms with Crippen molar-refractivity contribution < 1.29 is 17.7 Å². The molecule has 1 heterocycles. The maximum atomic E-state index is 13.0. The van der Waals surface area contributed by atoms with Crippen molar-refractivity contribution in [3.63, 3.8) is 0 Å². The van der Waals surface area contributed by atoms with Crippen molar-refractivity contribution in [1.82, 2.24) is 10.1 Å². The van der Waals surface area contributed by atoms with Gasteiger partial charge in [0.2, 0.25) is 11.7 Å². The van der Waals surface area contributed by atoms with Crippen LogP contribution in [0.25, 0.3) is 11.4 Å². The van der Waals surface area contributed by atoms with Crippen molar-refractivity contribution in [3.8, 4) is 11.4 Å². The molecule has 3 aromatic rings. The Hall–Kier alpha value is -2.63. The topological polar surface area (TPSA) is 38.9 Å². The fourth-order valence-electron chi connectivity index (χ4n) is 3.88. The van der Waals surface area contributed by atoms with Crippen LogP contribution in [0.15, 0.2) is 59.1 Å². The molecule has 0 bridgehead atoms. The predicted molar refractivity (Wildman–Crippen MR) is 95.0 cm³/mol. The van der Waals surface area contributed by atoms with E-state index in [0.29, 0.717) is 17.4 Å². The van der Waals surface area contributed by atoms with Crippen LogP contribution < -0.4 is 0 Å². The molecule has 2 aromatic carbocycles. The highest BCUT2D eigenvalue weighted by molar-refractivity contribution is 5.56. The Morgan fingerprint density at radius 2 is 1.70 bits per heavy atom. The van der Waals surface area contributed by atoms with Gasteiger partial charge in [0.15, 0.2) is 0 Å². The number of alkyl halides is 3. The molecule has 1 aliphatic carbocycles.